The highest BCUT2D eigenvalue weighted by atomic mass is 16.5. The first-order valence-corrected chi connectivity index (χ1v) is 7.40. The van der Waals surface area contributed by atoms with E-state index in [-0.39, 0.29) is 5.91 Å². The number of nitrogens with zero attached hydrogens (tertiary/aromatic N) is 3. The Morgan fingerprint density at radius 1 is 1.38 bits per heavy atom. The second kappa shape index (κ2) is 5.39. The molecule has 1 amide bonds. The van der Waals surface area contributed by atoms with Gasteiger partial charge in [0.2, 0.25) is 11.8 Å². The summed E-state index contributed by atoms with van der Waals surface area (Å²) in [5, 5.41) is 1.18. The number of carbonyl (C=O) groups is 1. The second-order valence-corrected chi connectivity index (χ2v) is 5.61. The molecule has 0 atom stereocenters. The molecule has 0 spiro atoms. The van der Waals surface area contributed by atoms with Crippen LogP contribution in [0.1, 0.15) is 24.1 Å². The van der Waals surface area contributed by atoms with Gasteiger partial charge in [-0.1, -0.05) is 0 Å². The van der Waals surface area contributed by atoms with Gasteiger partial charge in [-0.05, 0) is 31.9 Å². The van der Waals surface area contributed by atoms with Gasteiger partial charge < -0.3 is 14.2 Å². The van der Waals surface area contributed by atoms with Gasteiger partial charge in [0.05, 0.1) is 6.54 Å². The third-order valence-electron chi connectivity index (χ3n) is 4.45. The lowest BCUT2D eigenvalue weighted by atomic mass is 10.2. The molecular weight excluding hydrogens is 266 g/mol. The molecule has 2 aromatic rings. The molecule has 0 aliphatic carbocycles. The summed E-state index contributed by atoms with van der Waals surface area (Å²) in [6, 6.07) is 2.02. The lowest BCUT2D eigenvalue weighted by molar-refractivity contribution is -0.128. The molecule has 3 rings (SSSR count). The third-order valence-corrected chi connectivity index (χ3v) is 4.45. The molecule has 112 valence electrons. The monoisotopic (exact) mass is 287 g/mol. The molecule has 5 nitrogen and oxygen atoms in total. The first kappa shape index (κ1) is 13.9. The summed E-state index contributed by atoms with van der Waals surface area (Å²) in [6.45, 7) is 6.19. The smallest absolute Gasteiger partial charge is 0.238 e. The maximum atomic E-state index is 11.6. The molecule has 1 aliphatic heterocycles. The minimum atomic E-state index is 0.232. The van der Waals surface area contributed by atoms with E-state index in [0.717, 1.165) is 18.5 Å². The van der Waals surface area contributed by atoms with Crippen molar-refractivity contribution in [2.75, 3.05) is 19.7 Å². The number of aryl methyl sites for hydroxylation is 2. The number of amides is 1. The fourth-order valence-corrected chi connectivity index (χ4v) is 2.97. The highest BCUT2D eigenvalue weighted by molar-refractivity contribution is 5.88. The van der Waals surface area contributed by atoms with E-state index in [1.807, 2.05) is 18.0 Å². The molecule has 0 bridgehead atoms. The molecule has 5 heteroatoms. The quantitative estimate of drug-likeness (QED) is 0.866. The number of carbonyl (C=O) groups excluding carboxylic acids is 1. The van der Waals surface area contributed by atoms with Crippen LogP contribution >= 0.6 is 0 Å². The number of hydrogen-bond donors (Lipinski definition) is 0. The fraction of sp³-hybridized carbons (Fsp3) is 0.500. The van der Waals surface area contributed by atoms with Crippen LogP contribution < -0.4 is 4.74 Å². The molecular formula is C16H21N3O2. The van der Waals surface area contributed by atoms with E-state index in [2.05, 4.69) is 23.4 Å². The molecule has 0 radical (unpaired) electrons. The Morgan fingerprint density at radius 2 is 2.19 bits per heavy atom. The summed E-state index contributed by atoms with van der Waals surface area (Å²) in [5.41, 5.74) is 3.51. The number of likely N-dealkylation sites (tertiary alicyclic amines) is 1. The van der Waals surface area contributed by atoms with Crippen molar-refractivity contribution >= 4 is 16.8 Å². The van der Waals surface area contributed by atoms with E-state index >= 15 is 0 Å². The molecule has 3 heterocycles. The predicted octanol–water partition coefficient (Wildman–Crippen LogP) is 2.19. The van der Waals surface area contributed by atoms with Crippen LogP contribution in [0, 0.1) is 13.8 Å². The maximum Gasteiger partial charge on any atom is 0.238 e. The highest BCUT2D eigenvalue weighted by Gasteiger charge is 2.20. The number of pyridine rings is 1. The zero-order valence-electron chi connectivity index (χ0n) is 12.8. The normalized spacial score (nSPS) is 15.2. The van der Waals surface area contributed by atoms with Crippen molar-refractivity contribution in [3.8, 4) is 5.88 Å². The van der Waals surface area contributed by atoms with Gasteiger partial charge in [0.25, 0.3) is 0 Å². The summed E-state index contributed by atoms with van der Waals surface area (Å²) in [5.74, 6) is 0.883. The van der Waals surface area contributed by atoms with Crippen LogP contribution in [-0.2, 0) is 11.8 Å². The molecule has 1 aliphatic rings. The van der Waals surface area contributed by atoms with Crippen LogP contribution in [0.15, 0.2) is 12.3 Å². The summed E-state index contributed by atoms with van der Waals surface area (Å²) in [4.78, 5) is 17.8. The van der Waals surface area contributed by atoms with Gasteiger partial charge in [-0.3, -0.25) is 4.79 Å². The van der Waals surface area contributed by atoms with Crippen molar-refractivity contribution in [1.82, 2.24) is 14.5 Å². The van der Waals surface area contributed by atoms with Gasteiger partial charge >= 0.3 is 0 Å². The molecule has 0 saturated carbocycles. The van der Waals surface area contributed by atoms with Crippen LogP contribution in [0.3, 0.4) is 0 Å². The average molecular weight is 287 g/mol. The molecule has 1 fully saturated rings. The van der Waals surface area contributed by atoms with E-state index in [1.165, 1.54) is 16.6 Å². The fourth-order valence-electron chi connectivity index (χ4n) is 2.97. The van der Waals surface area contributed by atoms with Crippen molar-refractivity contribution < 1.29 is 9.53 Å². The lowest BCUT2D eigenvalue weighted by Crippen LogP contribution is -2.29. The van der Waals surface area contributed by atoms with Gasteiger partial charge in [0.15, 0.2) is 0 Å². The molecule has 0 N–H and O–H groups in total. The summed E-state index contributed by atoms with van der Waals surface area (Å²) < 4.78 is 7.97. The summed E-state index contributed by atoms with van der Waals surface area (Å²) in [6.07, 6.45) is 3.41. The highest BCUT2D eigenvalue weighted by Crippen LogP contribution is 2.29. The topological polar surface area (TPSA) is 47.4 Å². The van der Waals surface area contributed by atoms with Crippen LogP contribution in [0.25, 0.3) is 10.9 Å². The largest absolute Gasteiger partial charge is 0.474 e. The third kappa shape index (κ3) is 2.37. The maximum absolute atomic E-state index is 11.6. The second-order valence-electron chi connectivity index (χ2n) is 5.61. The van der Waals surface area contributed by atoms with E-state index < -0.39 is 0 Å². The van der Waals surface area contributed by atoms with E-state index in [0.29, 0.717) is 25.5 Å². The van der Waals surface area contributed by atoms with Crippen LogP contribution in [-0.4, -0.2) is 40.1 Å². The van der Waals surface area contributed by atoms with Gasteiger partial charge in [-0.15, -0.1) is 0 Å². The number of aromatic nitrogens is 2. The van der Waals surface area contributed by atoms with E-state index in [9.17, 15) is 4.79 Å². The van der Waals surface area contributed by atoms with Crippen LogP contribution in [0.5, 0.6) is 5.88 Å². The first-order valence-electron chi connectivity index (χ1n) is 7.40. The number of fused-ring (bicyclic) bond motifs is 1. The Kier molecular flexibility index (Phi) is 3.57. The molecule has 0 unspecified atom stereocenters. The summed E-state index contributed by atoms with van der Waals surface area (Å²) in [7, 11) is 2.03. The Hall–Kier alpha value is -2.04. The van der Waals surface area contributed by atoms with Crippen molar-refractivity contribution in [2.24, 2.45) is 7.05 Å². The van der Waals surface area contributed by atoms with Crippen LogP contribution in [0.4, 0.5) is 0 Å². The average Bonchev–Trinajstić information content (AvgIpc) is 2.98. The Bertz CT molecular complexity index is 690. The molecule has 0 aromatic carbocycles. The van der Waals surface area contributed by atoms with Gasteiger partial charge in [0, 0.05) is 37.3 Å². The molecule has 21 heavy (non-hydrogen) atoms. The number of hydrogen-bond acceptors (Lipinski definition) is 3. The zero-order chi connectivity index (χ0) is 15.0. The predicted molar refractivity (Wildman–Crippen MR) is 81.5 cm³/mol. The van der Waals surface area contributed by atoms with Crippen molar-refractivity contribution in [2.45, 2.75) is 26.7 Å². The minimum Gasteiger partial charge on any atom is -0.474 e. The van der Waals surface area contributed by atoms with Crippen molar-refractivity contribution in [1.29, 1.82) is 0 Å². The van der Waals surface area contributed by atoms with Gasteiger partial charge in [-0.2, -0.15) is 0 Å². The van der Waals surface area contributed by atoms with Crippen LogP contribution in [0.2, 0.25) is 0 Å². The Labute approximate surface area is 124 Å². The van der Waals surface area contributed by atoms with Gasteiger partial charge in [0.1, 0.15) is 12.1 Å². The first-order chi connectivity index (χ1) is 10.1. The lowest BCUT2D eigenvalue weighted by Gasteiger charge is -2.15. The molecule has 1 saturated heterocycles. The summed E-state index contributed by atoms with van der Waals surface area (Å²) >= 11 is 0. The number of ether oxygens (including phenoxy) is 1. The SMILES string of the molecule is Cc1c(C)n(C)c2c(OCCN3CCCC3=O)nccc12. The van der Waals surface area contributed by atoms with Crippen molar-refractivity contribution in [3.63, 3.8) is 0 Å². The van der Waals surface area contributed by atoms with Crippen molar-refractivity contribution in [3.05, 3.63) is 23.5 Å². The van der Waals surface area contributed by atoms with Gasteiger partial charge in [-0.25, -0.2) is 4.98 Å². The molecule has 2 aromatic heterocycles. The standard InChI is InChI=1S/C16H21N3O2/c1-11-12(2)18(3)15-13(11)6-7-17-16(15)21-10-9-19-8-4-5-14(19)20/h6-7H,4-5,8-10H2,1-3H3. The van der Waals surface area contributed by atoms with E-state index in [1.54, 1.807) is 6.20 Å². The Balaban J connectivity index is 1.78. The Morgan fingerprint density at radius 3 is 2.90 bits per heavy atom. The zero-order valence-corrected chi connectivity index (χ0v) is 12.8. The van der Waals surface area contributed by atoms with E-state index in [4.69, 9.17) is 4.74 Å². The minimum absolute atomic E-state index is 0.232. The number of rotatable bonds is 4.